The molecule has 2 aliphatic rings. The van der Waals surface area contributed by atoms with Gasteiger partial charge in [-0.1, -0.05) is 11.6 Å². The molecule has 0 aliphatic heterocycles. The fraction of sp³-hybridized carbons (Fsp3) is 0.733. The number of aromatic nitrogens is 2. The van der Waals surface area contributed by atoms with Crippen molar-refractivity contribution in [3.63, 3.8) is 0 Å². The number of rotatable bonds is 8. The maximum Gasteiger partial charge on any atom is 0.291 e. The van der Waals surface area contributed by atoms with Crippen LogP contribution in [0.1, 0.15) is 32.1 Å². The predicted octanol–water partition coefficient (Wildman–Crippen LogP) is 2.54. The quantitative estimate of drug-likeness (QED) is 0.801. The van der Waals surface area contributed by atoms with Gasteiger partial charge in [-0.2, -0.15) is 5.10 Å². The Balaban J connectivity index is 1.68. The van der Waals surface area contributed by atoms with Crippen LogP contribution >= 0.6 is 11.6 Å². The molecule has 1 N–H and O–H groups in total. The Hall–Kier alpha value is -1.07. The molecule has 3 rings (SSSR count). The molecule has 2 fully saturated rings. The summed E-state index contributed by atoms with van der Waals surface area (Å²) in [6.45, 7) is 2.25. The van der Waals surface area contributed by atoms with Gasteiger partial charge in [0.05, 0.1) is 11.2 Å². The topological polar surface area (TPSA) is 56.1 Å². The van der Waals surface area contributed by atoms with Gasteiger partial charge in [0.15, 0.2) is 0 Å². The lowest BCUT2D eigenvalue weighted by Crippen LogP contribution is -2.29. The van der Waals surface area contributed by atoms with Crippen LogP contribution in [0.15, 0.2) is 11.0 Å². The maximum atomic E-state index is 12.4. The predicted molar refractivity (Wildman–Crippen MR) is 82.9 cm³/mol. The Labute approximate surface area is 129 Å². The molecule has 5 nitrogen and oxygen atoms in total. The number of hydrogen-bond acceptors (Lipinski definition) is 4. The van der Waals surface area contributed by atoms with Crippen molar-refractivity contribution >= 4 is 17.3 Å². The standard InChI is InChI=1S/C15H22ClN3O2/c1-21-7-6-15(4-5-15)10-17-13-12(16)8-18-19(14(13)20)9-11-2-3-11/h8,11,17H,2-7,9-10H2,1H3. The molecular formula is C15H22ClN3O2. The number of nitrogens with one attached hydrogen (secondary N) is 1. The molecule has 0 saturated heterocycles. The first kappa shape index (κ1) is 14.9. The zero-order valence-electron chi connectivity index (χ0n) is 12.4. The minimum Gasteiger partial charge on any atom is -0.385 e. The number of halogens is 1. The Morgan fingerprint density at radius 3 is 2.90 bits per heavy atom. The summed E-state index contributed by atoms with van der Waals surface area (Å²) in [6, 6.07) is 0. The van der Waals surface area contributed by atoms with Crippen LogP contribution in [-0.2, 0) is 11.3 Å². The molecule has 6 heteroatoms. The number of ether oxygens (including phenoxy) is 1. The molecule has 2 saturated carbocycles. The van der Waals surface area contributed by atoms with Crippen LogP contribution in [0.2, 0.25) is 5.02 Å². The van der Waals surface area contributed by atoms with Gasteiger partial charge in [0.2, 0.25) is 0 Å². The van der Waals surface area contributed by atoms with Crippen LogP contribution in [-0.4, -0.2) is 30.0 Å². The largest absolute Gasteiger partial charge is 0.385 e. The van der Waals surface area contributed by atoms with Gasteiger partial charge in [0.1, 0.15) is 5.69 Å². The molecule has 1 heterocycles. The van der Waals surface area contributed by atoms with E-state index in [1.54, 1.807) is 18.0 Å². The van der Waals surface area contributed by atoms with Crippen molar-refractivity contribution in [3.8, 4) is 0 Å². The highest BCUT2D eigenvalue weighted by molar-refractivity contribution is 6.32. The molecule has 0 unspecified atom stereocenters. The van der Waals surface area contributed by atoms with Crippen molar-refractivity contribution in [3.05, 3.63) is 21.6 Å². The molecule has 21 heavy (non-hydrogen) atoms. The lowest BCUT2D eigenvalue weighted by molar-refractivity contribution is 0.175. The average molecular weight is 312 g/mol. The van der Waals surface area contributed by atoms with Crippen molar-refractivity contribution in [1.82, 2.24) is 9.78 Å². The van der Waals surface area contributed by atoms with Gasteiger partial charge in [-0.25, -0.2) is 4.68 Å². The first-order valence-corrected chi connectivity index (χ1v) is 8.00. The van der Waals surface area contributed by atoms with Crippen LogP contribution in [0, 0.1) is 11.3 Å². The Morgan fingerprint density at radius 2 is 2.29 bits per heavy atom. The van der Waals surface area contributed by atoms with E-state index < -0.39 is 0 Å². The van der Waals surface area contributed by atoms with Gasteiger partial charge in [-0.3, -0.25) is 4.79 Å². The van der Waals surface area contributed by atoms with E-state index in [1.165, 1.54) is 25.7 Å². The highest BCUT2D eigenvalue weighted by atomic mass is 35.5. The maximum absolute atomic E-state index is 12.4. The molecule has 0 aromatic carbocycles. The van der Waals surface area contributed by atoms with E-state index in [-0.39, 0.29) is 11.0 Å². The van der Waals surface area contributed by atoms with Crippen LogP contribution in [0.4, 0.5) is 5.69 Å². The fourth-order valence-corrected chi connectivity index (χ4v) is 2.78. The highest BCUT2D eigenvalue weighted by Crippen LogP contribution is 2.48. The lowest BCUT2D eigenvalue weighted by atomic mass is 10.0. The minimum atomic E-state index is -0.100. The summed E-state index contributed by atoms with van der Waals surface area (Å²) < 4.78 is 6.70. The van der Waals surface area contributed by atoms with E-state index in [9.17, 15) is 4.79 Å². The molecule has 116 valence electrons. The van der Waals surface area contributed by atoms with Crippen LogP contribution in [0.5, 0.6) is 0 Å². The summed E-state index contributed by atoms with van der Waals surface area (Å²) in [7, 11) is 1.72. The normalized spacial score (nSPS) is 19.5. The molecular weight excluding hydrogens is 290 g/mol. The van der Waals surface area contributed by atoms with Crippen molar-refractivity contribution in [2.24, 2.45) is 11.3 Å². The van der Waals surface area contributed by atoms with E-state index >= 15 is 0 Å². The first-order valence-electron chi connectivity index (χ1n) is 7.62. The summed E-state index contributed by atoms with van der Waals surface area (Å²) in [6.07, 6.45) is 7.35. The molecule has 0 amide bonds. The smallest absolute Gasteiger partial charge is 0.291 e. The zero-order valence-corrected chi connectivity index (χ0v) is 13.2. The summed E-state index contributed by atoms with van der Waals surface area (Å²) in [5.41, 5.74) is 0.670. The third kappa shape index (κ3) is 3.58. The van der Waals surface area contributed by atoms with Gasteiger partial charge in [0, 0.05) is 26.8 Å². The Morgan fingerprint density at radius 1 is 1.52 bits per heavy atom. The number of anilines is 1. The van der Waals surface area contributed by atoms with Gasteiger partial charge in [0.25, 0.3) is 5.56 Å². The van der Waals surface area contributed by atoms with E-state index in [1.807, 2.05) is 0 Å². The summed E-state index contributed by atoms with van der Waals surface area (Å²) >= 11 is 6.14. The molecule has 1 aromatic heterocycles. The minimum absolute atomic E-state index is 0.100. The summed E-state index contributed by atoms with van der Waals surface area (Å²) in [5.74, 6) is 0.612. The van der Waals surface area contributed by atoms with Gasteiger partial charge in [-0.15, -0.1) is 0 Å². The third-order valence-corrected chi connectivity index (χ3v) is 4.85. The van der Waals surface area contributed by atoms with Crippen molar-refractivity contribution in [2.45, 2.75) is 38.6 Å². The van der Waals surface area contributed by atoms with E-state index in [4.69, 9.17) is 16.3 Å². The zero-order chi connectivity index (χ0) is 14.9. The van der Waals surface area contributed by atoms with Crippen molar-refractivity contribution in [1.29, 1.82) is 0 Å². The second-order valence-corrected chi connectivity index (χ2v) is 6.80. The average Bonchev–Trinajstić information content (AvgIpc) is 3.37. The van der Waals surface area contributed by atoms with Gasteiger partial charge in [-0.05, 0) is 43.4 Å². The molecule has 0 spiro atoms. The van der Waals surface area contributed by atoms with Crippen LogP contribution in [0.3, 0.4) is 0 Å². The Bertz CT molecular complexity index is 565. The molecule has 1 aromatic rings. The monoisotopic (exact) mass is 311 g/mol. The highest BCUT2D eigenvalue weighted by Gasteiger charge is 2.42. The molecule has 0 atom stereocenters. The first-order chi connectivity index (χ1) is 10.1. The van der Waals surface area contributed by atoms with Crippen molar-refractivity contribution in [2.75, 3.05) is 25.6 Å². The SMILES string of the molecule is COCCC1(CNc2c(Cl)cnn(CC3CC3)c2=O)CC1. The van der Waals surface area contributed by atoms with Gasteiger partial charge < -0.3 is 10.1 Å². The third-order valence-electron chi connectivity index (χ3n) is 4.56. The number of nitrogens with zero attached hydrogens (tertiary/aromatic N) is 2. The molecule has 0 radical (unpaired) electrons. The van der Waals surface area contributed by atoms with E-state index in [0.29, 0.717) is 23.2 Å². The molecule has 2 aliphatic carbocycles. The van der Waals surface area contributed by atoms with E-state index in [0.717, 1.165) is 19.6 Å². The summed E-state index contributed by atoms with van der Waals surface area (Å²) in [5, 5.41) is 7.82. The molecule has 0 bridgehead atoms. The van der Waals surface area contributed by atoms with Crippen molar-refractivity contribution < 1.29 is 4.74 Å². The van der Waals surface area contributed by atoms with Gasteiger partial charge >= 0.3 is 0 Å². The second-order valence-electron chi connectivity index (χ2n) is 6.39. The second kappa shape index (κ2) is 5.97. The Kier molecular flexibility index (Phi) is 4.22. The van der Waals surface area contributed by atoms with Crippen LogP contribution < -0.4 is 10.9 Å². The number of methoxy groups -OCH3 is 1. The van der Waals surface area contributed by atoms with Crippen LogP contribution in [0.25, 0.3) is 0 Å². The number of hydrogen-bond donors (Lipinski definition) is 1. The van der Waals surface area contributed by atoms with E-state index in [2.05, 4.69) is 10.4 Å². The lowest BCUT2D eigenvalue weighted by Gasteiger charge is -2.17. The summed E-state index contributed by atoms with van der Waals surface area (Å²) in [4.78, 5) is 12.4. The fourth-order valence-electron chi connectivity index (χ4n) is 2.59.